The molecule has 4 nitrogen and oxygen atoms in total. The number of carbonyl (C=O) groups is 1. The van der Waals surface area contributed by atoms with Crippen LogP contribution in [0.15, 0.2) is 0 Å². The number of aliphatic hydroxyl groups is 1. The summed E-state index contributed by atoms with van der Waals surface area (Å²) >= 11 is 0. The van der Waals surface area contributed by atoms with E-state index in [4.69, 9.17) is 5.11 Å². The average molecular weight is 188 g/mol. The molecular formula is C9H16O4. The minimum Gasteiger partial charge on any atom is -0.450 e. The molecule has 0 aliphatic heterocycles. The monoisotopic (exact) mass is 188 g/mol. The first-order chi connectivity index (χ1) is 6.18. The van der Waals surface area contributed by atoms with Gasteiger partial charge in [-0.15, -0.1) is 0 Å². The summed E-state index contributed by atoms with van der Waals surface area (Å²) in [4.78, 5) is 10.2. The maximum atomic E-state index is 10.2. The molecule has 0 aromatic heterocycles. The van der Waals surface area contributed by atoms with Crippen molar-refractivity contribution in [2.75, 3.05) is 13.2 Å². The highest BCUT2D eigenvalue weighted by Crippen LogP contribution is 2.35. The molecular weight excluding hydrogens is 172 g/mol. The second-order valence-electron chi connectivity index (χ2n) is 3.77. The van der Waals surface area contributed by atoms with Crippen molar-refractivity contribution >= 4 is 6.16 Å². The molecule has 0 atom stereocenters. The smallest absolute Gasteiger partial charge is 0.450 e. The minimum atomic E-state index is -1.25. The van der Waals surface area contributed by atoms with Gasteiger partial charge in [-0.2, -0.15) is 0 Å². The number of hydrogen-bond acceptors (Lipinski definition) is 3. The van der Waals surface area contributed by atoms with Crippen LogP contribution in [0.25, 0.3) is 0 Å². The molecule has 0 heterocycles. The highest BCUT2D eigenvalue weighted by molar-refractivity contribution is 5.56. The topological polar surface area (TPSA) is 66.8 Å². The van der Waals surface area contributed by atoms with Crippen molar-refractivity contribution in [2.24, 2.45) is 5.41 Å². The van der Waals surface area contributed by atoms with Gasteiger partial charge in [0.25, 0.3) is 0 Å². The van der Waals surface area contributed by atoms with Crippen LogP contribution in [-0.4, -0.2) is 29.6 Å². The van der Waals surface area contributed by atoms with Crippen molar-refractivity contribution in [1.82, 2.24) is 0 Å². The Bertz CT molecular complexity index is 172. The normalized spacial score (nSPS) is 21.0. The Morgan fingerprint density at radius 1 is 1.31 bits per heavy atom. The van der Waals surface area contributed by atoms with Crippen molar-refractivity contribution in [3.8, 4) is 0 Å². The predicted octanol–water partition coefficient (Wildman–Crippen LogP) is 1.62. The second-order valence-corrected chi connectivity index (χ2v) is 3.77. The van der Waals surface area contributed by atoms with Gasteiger partial charge < -0.3 is 14.9 Å². The number of aliphatic hydroxyl groups excluding tert-OH is 1. The first-order valence-corrected chi connectivity index (χ1v) is 4.65. The number of ether oxygens (including phenoxy) is 1. The van der Waals surface area contributed by atoms with Crippen LogP contribution in [0.5, 0.6) is 0 Å². The highest BCUT2D eigenvalue weighted by atomic mass is 16.7. The molecule has 0 radical (unpaired) electrons. The maximum Gasteiger partial charge on any atom is 0.505 e. The summed E-state index contributed by atoms with van der Waals surface area (Å²) in [6, 6.07) is 0. The van der Waals surface area contributed by atoms with Crippen molar-refractivity contribution in [1.29, 1.82) is 0 Å². The van der Waals surface area contributed by atoms with Crippen LogP contribution >= 0.6 is 0 Å². The molecule has 76 valence electrons. The molecule has 1 aliphatic rings. The fourth-order valence-electron chi connectivity index (χ4n) is 1.86. The van der Waals surface area contributed by atoms with E-state index >= 15 is 0 Å². The Morgan fingerprint density at radius 2 is 1.92 bits per heavy atom. The summed E-state index contributed by atoms with van der Waals surface area (Å²) < 4.78 is 4.53. The first-order valence-electron chi connectivity index (χ1n) is 4.65. The van der Waals surface area contributed by atoms with Gasteiger partial charge in [0.05, 0.1) is 6.61 Å². The summed E-state index contributed by atoms with van der Waals surface area (Å²) in [5.41, 5.74) is -0.295. The van der Waals surface area contributed by atoms with Gasteiger partial charge in [-0.25, -0.2) is 4.79 Å². The summed E-state index contributed by atoms with van der Waals surface area (Å²) in [5.74, 6) is 0. The molecule has 0 spiro atoms. The van der Waals surface area contributed by atoms with Crippen LogP contribution in [0.1, 0.15) is 32.1 Å². The zero-order chi connectivity index (χ0) is 9.73. The summed E-state index contributed by atoms with van der Waals surface area (Å²) in [5, 5.41) is 17.5. The van der Waals surface area contributed by atoms with Gasteiger partial charge in [-0.05, 0) is 12.8 Å². The van der Waals surface area contributed by atoms with Gasteiger partial charge >= 0.3 is 6.16 Å². The molecule has 1 fully saturated rings. The molecule has 0 amide bonds. The lowest BCUT2D eigenvalue weighted by Crippen LogP contribution is -2.34. The first kappa shape index (κ1) is 10.3. The Labute approximate surface area is 77.5 Å². The molecule has 0 saturated heterocycles. The predicted molar refractivity (Wildman–Crippen MR) is 46.6 cm³/mol. The molecule has 13 heavy (non-hydrogen) atoms. The molecule has 0 aromatic carbocycles. The van der Waals surface area contributed by atoms with Gasteiger partial charge in [-0.3, -0.25) is 0 Å². The molecule has 4 heteroatoms. The fraction of sp³-hybridized carbons (Fsp3) is 0.889. The summed E-state index contributed by atoms with van der Waals surface area (Å²) in [6.07, 6.45) is 3.79. The third kappa shape index (κ3) is 2.88. The van der Waals surface area contributed by atoms with Gasteiger partial charge in [-0.1, -0.05) is 19.3 Å². The lowest BCUT2D eigenvalue weighted by atomic mass is 9.75. The SMILES string of the molecule is O=C(O)OCC1(CO)CCCCC1. The van der Waals surface area contributed by atoms with E-state index in [1.54, 1.807) is 0 Å². The Kier molecular flexibility index (Phi) is 3.54. The van der Waals surface area contributed by atoms with Crippen LogP contribution in [0.3, 0.4) is 0 Å². The summed E-state index contributed by atoms with van der Waals surface area (Å²) in [6.45, 7) is 0.166. The van der Waals surface area contributed by atoms with Crippen molar-refractivity contribution in [3.63, 3.8) is 0 Å². The van der Waals surface area contributed by atoms with E-state index in [0.717, 1.165) is 25.7 Å². The zero-order valence-electron chi connectivity index (χ0n) is 7.66. The van der Waals surface area contributed by atoms with Gasteiger partial charge in [0.1, 0.15) is 6.61 Å². The third-order valence-electron chi connectivity index (χ3n) is 2.75. The van der Waals surface area contributed by atoms with E-state index in [1.165, 1.54) is 6.42 Å². The standard InChI is InChI=1S/C9H16O4/c10-6-9(7-13-8(11)12)4-2-1-3-5-9/h10H,1-7H2,(H,11,12). The van der Waals surface area contributed by atoms with Gasteiger partial charge in [0, 0.05) is 5.41 Å². The molecule has 1 saturated carbocycles. The van der Waals surface area contributed by atoms with E-state index in [1.807, 2.05) is 0 Å². The molecule has 0 bridgehead atoms. The Morgan fingerprint density at radius 3 is 2.38 bits per heavy atom. The molecule has 1 aliphatic carbocycles. The average Bonchev–Trinajstić information content (AvgIpc) is 2.16. The zero-order valence-corrected chi connectivity index (χ0v) is 7.66. The van der Waals surface area contributed by atoms with E-state index in [2.05, 4.69) is 4.74 Å². The van der Waals surface area contributed by atoms with E-state index in [9.17, 15) is 9.90 Å². The highest BCUT2D eigenvalue weighted by Gasteiger charge is 2.32. The lowest BCUT2D eigenvalue weighted by Gasteiger charge is -2.34. The van der Waals surface area contributed by atoms with Crippen LogP contribution in [0.2, 0.25) is 0 Å². The Hall–Kier alpha value is -0.770. The lowest BCUT2D eigenvalue weighted by molar-refractivity contribution is -0.00428. The molecule has 1 rings (SSSR count). The quantitative estimate of drug-likeness (QED) is 0.660. The molecule has 2 N–H and O–H groups in total. The van der Waals surface area contributed by atoms with E-state index in [0.29, 0.717) is 0 Å². The molecule has 0 unspecified atom stereocenters. The van der Waals surface area contributed by atoms with E-state index in [-0.39, 0.29) is 18.6 Å². The third-order valence-corrected chi connectivity index (χ3v) is 2.75. The maximum absolute atomic E-state index is 10.2. The van der Waals surface area contributed by atoms with Crippen LogP contribution in [0.4, 0.5) is 4.79 Å². The van der Waals surface area contributed by atoms with Crippen LogP contribution in [0, 0.1) is 5.41 Å². The largest absolute Gasteiger partial charge is 0.505 e. The Balaban J connectivity index is 2.42. The number of carboxylic acid groups (broad SMARTS) is 1. The van der Waals surface area contributed by atoms with Gasteiger partial charge in [0.15, 0.2) is 0 Å². The minimum absolute atomic E-state index is 0.0281. The van der Waals surface area contributed by atoms with Crippen molar-refractivity contribution < 1.29 is 19.7 Å². The number of rotatable bonds is 3. The van der Waals surface area contributed by atoms with E-state index < -0.39 is 6.16 Å². The van der Waals surface area contributed by atoms with Crippen molar-refractivity contribution in [2.45, 2.75) is 32.1 Å². The summed E-state index contributed by atoms with van der Waals surface area (Å²) in [7, 11) is 0. The van der Waals surface area contributed by atoms with Gasteiger partial charge in [0.2, 0.25) is 0 Å². The fourth-order valence-corrected chi connectivity index (χ4v) is 1.86. The van der Waals surface area contributed by atoms with Crippen molar-refractivity contribution in [3.05, 3.63) is 0 Å². The van der Waals surface area contributed by atoms with Crippen LogP contribution < -0.4 is 0 Å². The van der Waals surface area contributed by atoms with Crippen LogP contribution in [-0.2, 0) is 4.74 Å². The molecule has 0 aromatic rings. The number of hydrogen-bond donors (Lipinski definition) is 2. The second kappa shape index (κ2) is 4.46.